The number of carbonyl (C=O) groups excluding carboxylic acids is 1. The van der Waals surface area contributed by atoms with Gasteiger partial charge in [-0.3, -0.25) is 10.1 Å². The van der Waals surface area contributed by atoms with E-state index < -0.39 is 6.04 Å². The summed E-state index contributed by atoms with van der Waals surface area (Å²) < 4.78 is 0. The molecule has 1 aromatic rings. The highest BCUT2D eigenvalue weighted by molar-refractivity contribution is 7.15. The van der Waals surface area contributed by atoms with Crippen molar-refractivity contribution in [3.05, 3.63) is 5.01 Å². The van der Waals surface area contributed by atoms with E-state index in [2.05, 4.69) is 15.5 Å². The summed E-state index contributed by atoms with van der Waals surface area (Å²) in [5.74, 6) is 0.210. The maximum Gasteiger partial charge on any atom is 0.243 e. The molecule has 0 aliphatic rings. The maximum atomic E-state index is 11.6. The highest BCUT2D eigenvalue weighted by Gasteiger charge is 2.16. The van der Waals surface area contributed by atoms with Crippen LogP contribution in [-0.2, 0) is 4.79 Å². The number of nitrogens with two attached hydrogens (primary N) is 1. The van der Waals surface area contributed by atoms with Crippen LogP contribution in [0.25, 0.3) is 0 Å². The van der Waals surface area contributed by atoms with Crippen molar-refractivity contribution in [2.24, 2.45) is 11.7 Å². The fraction of sp³-hybridized carbons (Fsp3) is 0.667. The second kappa shape index (κ2) is 5.18. The van der Waals surface area contributed by atoms with Crippen molar-refractivity contribution in [2.75, 3.05) is 5.32 Å². The van der Waals surface area contributed by atoms with Gasteiger partial charge in [0.25, 0.3) is 0 Å². The molecule has 5 nitrogen and oxygen atoms in total. The van der Waals surface area contributed by atoms with E-state index in [0.717, 1.165) is 5.01 Å². The number of hydrogen-bond acceptors (Lipinski definition) is 5. The van der Waals surface area contributed by atoms with Gasteiger partial charge in [0.15, 0.2) is 0 Å². The van der Waals surface area contributed by atoms with E-state index in [1.807, 2.05) is 20.8 Å². The van der Waals surface area contributed by atoms with E-state index in [9.17, 15) is 4.79 Å². The molecule has 0 aliphatic heterocycles. The van der Waals surface area contributed by atoms with Crippen LogP contribution in [-0.4, -0.2) is 22.1 Å². The molecule has 0 unspecified atom stereocenters. The first-order chi connectivity index (χ1) is 6.99. The number of hydrogen-bond donors (Lipinski definition) is 2. The van der Waals surface area contributed by atoms with Gasteiger partial charge in [-0.15, -0.1) is 10.2 Å². The van der Waals surface area contributed by atoms with Gasteiger partial charge in [0.2, 0.25) is 11.0 Å². The summed E-state index contributed by atoms with van der Waals surface area (Å²) in [7, 11) is 0. The van der Waals surface area contributed by atoms with E-state index in [1.54, 1.807) is 0 Å². The molecular formula is C9H16N4OS. The Morgan fingerprint density at radius 2 is 2.20 bits per heavy atom. The molecule has 1 aromatic heterocycles. The first kappa shape index (κ1) is 12.1. The van der Waals surface area contributed by atoms with Crippen molar-refractivity contribution in [3.63, 3.8) is 0 Å². The Bertz CT molecular complexity index is 337. The molecule has 0 aliphatic carbocycles. The van der Waals surface area contributed by atoms with Gasteiger partial charge in [-0.25, -0.2) is 0 Å². The number of carbonyl (C=O) groups is 1. The molecule has 84 valence electrons. The van der Waals surface area contributed by atoms with Crippen LogP contribution in [0.2, 0.25) is 0 Å². The van der Waals surface area contributed by atoms with Gasteiger partial charge >= 0.3 is 0 Å². The predicted octanol–water partition coefficient (Wildman–Crippen LogP) is 1.16. The molecule has 1 heterocycles. The van der Waals surface area contributed by atoms with E-state index in [4.69, 9.17) is 5.73 Å². The lowest BCUT2D eigenvalue weighted by Gasteiger charge is -2.12. The number of aryl methyl sites for hydroxylation is 1. The fourth-order valence-corrected chi connectivity index (χ4v) is 1.75. The lowest BCUT2D eigenvalue weighted by Crippen LogP contribution is -2.36. The first-order valence-corrected chi connectivity index (χ1v) is 5.67. The number of rotatable bonds is 4. The zero-order valence-electron chi connectivity index (χ0n) is 9.15. The Balaban J connectivity index is 2.48. The van der Waals surface area contributed by atoms with Gasteiger partial charge in [0.05, 0.1) is 6.04 Å². The van der Waals surface area contributed by atoms with Gasteiger partial charge in [0.1, 0.15) is 5.01 Å². The third-order valence-corrected chi connectivity index (χ3v) is 2.57. The van der Waals surface area contributed by atoms with Crippen molar-refractivity contribution in [1.82, 2.24) is 10.2 Å². The minimum Gasteiger partial charge on any atom is -0.320 e. The largest absolute Gasteiger partial charge is 0.320 e. The summed E-state index contributed by atoms with van der Waals surface area (Å²) in [6.07, 6.45) is 0.670. The number of amides is 1. The van der Waals surface area contributed by atoms with Gasteiger partial charge in [0, 0.05) is 0 Å². The molecule has 15 heavy (non-hydrogen) atoms. The molecule has 0 aromatic carbocycles. The third kappa shape index (κ3) is 3.93. The summed E-state index contributed by atoms with van der Waals surface area (Å²) in [5.41, 5.74) is 5.72. The van der Waals surface area contributed by atoms with Gasteiger partial charge in [-0.1, -0.05) is 25.2 Å². The molecule has 0 radical (unpaired) electrons. The first-order valence-electron chi connectivity index (χ1n) is 4.85. The van der Waals surface area contributed by atoms with E-state index in [-0.39, 0.29) is 5.91 Å². The monoisotopic (exact) mass is 228 g/mol. The van der Waals surface area contributed by atoms with Crippen LogP contribution in [0.3, 0.4) is 0 Å². The molecule has 0 saturated heterocycles. The van der Waals surface area contributed by atoms with E-state index >= 15 is 0 Å². The number of nitrogens with zero attached hydrogens (tertiary/aromatic N) is 2. The smallest absolute Gasteiger partial charge is 0.243 e. The number of aromatic nitrogens is 2. The second-order valence-electron chi connectivity index (χ2n) is 3.85. The highest BCUT2D eigenvalue weighted by Crippen LogP contribution is 2.14. The lowest BCUT2D eigenvalue weighted by atomic mass is 10.0. The van der Waals surface area contributed by atoms with E-state index in [1.165, 1.54) is 11.3 Å². The third-order valence-electron chi connectivity index (χ3n) is 1.82. The molecule has 0 bridgehead atoms. The summed E-state index contributed by atoms with van der Waals surface area (Å²) in [4.78, 5) is 11.6. The van der Waals surface area contributed by atoms with Crippen LogP contribution in [0.15, 0.2) is 0 Å². The number of anilines is 1. The second-order valence-corrected chi connectivity index (χ2v) is 5.03. The molecular weight excluding hydrogens is 212 g/mol. The fourth-order valence-electron chi connectivity index (χ4n) is 1.16. The Kier molecular flexibility index (Phi) is 4.16. The molecule has 0 spiro atoms. The minimum absolute atomic E-state index is 0.195. The SMILES string of the molecule is Cc1nnc(NC(=O)[C@@H](N)CC(C)C)s1. The zero-order valence-corrected chi connectivity index (χ0v) is 9.97. The van der Waals surface area contributed by atoms with Crippen molar-refractivity contribution in [3.8, 4) is 0 Å². The van der Waals surface area contributed by atoms with Crippen LogP contribution in [0, 0.1) is 12.8 Å². The Labute approximate surface area is 93.1 Å². The molecule has 3 N–H and O–H groups in total. The molecule has 1 atom stereocenters. The minimum atomic E-state index is -0.478. The van der Waals surface area contributed by atoms with Crippen LogP contribution in [0.5, 0.6) is 0 Å². The molecule has 6 heteroatoms. The Morgan fingerprint density at radius 3 is 2.67 bits per heavy atom. The normalized spacial score (nSPS) is 12.9. The summed E-state index contributed by atoms with van der Waals surface area (Å²) in [6, 6.07) is -0.478. The quantitative estimate of drug-likeness (QED) is 0.810. The van der Waals surface area contributed by atoms with Crippen LogP contribution in [0.4, 0.5) is 5.13 Å². The summed E-state index contributed by atoms with van der Waals surface area (Å²) in [5, 5.41) is 11.6. The molecule has 1 amide bonds. The maximum absolute atomic E-state index is 11.6. The van der Waals surface area contributed by atoms with Crippen LogP contribution >= 0.6 is 11.3 Å². The van der Waals surface area contributed by atoms with Gasteiger partial charge in [-0.2, -0.15) is 0 Å². The lowest BCUT2D eigenvalue weighted by molar-refractivity contribution is -0.117. The van der Waals surface area contributed by atoms with Crippen molar-refractivity contribution >= 4 is 22.4 Å². The van der Waals surface area contributed by atoms with Gasteiger partial charge in [-0.05, 0) is 19.3 Å². The highest BCUT2D eigenvalue weighted by atomic mass is 32.1. The Morgan fingerprint density at radius 1 is 1.53 bits per heavy atom. The topological polar surface area (TPSA) is 80.9 Å². The van der Waals surface area contributed by atoms with Crippen LogP contribution < -0.4 is 11.1 Å². The van der Waals surface area contributed by atoms with Crippen molar-refractivity contribution in [2.45, 2.75) is 33.2 Å². The summed E-state index contributed by atoms with van der Waals surface area (Å²) >= 11 is 1.34. The molecule has 0 fully saturated rings. The average molecular weight is 228 g/mol. The number of nitrogens with one attached hydrogen (secondary N) is 1. The van der Waals surface area contributed by atoms with Gasteiger partial charge < -0.3 is 5.73 Å². The predicted molar refractivity (Wildman–Crippen MR) is 60.7 cm³/mol. The van der Waals surface area contributed by atoms with Crippen molar-refractivity contribution in [1.29, 1.82) is 0 Å². The average Bonchev–Trinajstić information content (AvgIpc) is 2.50. The Hall–Kier alpha value is -1.01. The van der Waals surface area contributed by atoms with Crippen LogP contribution in [0.1, 0.15) is 25.3 Å². The molecule has 0 saturated carbocycles. The van der Waals surface area contributed by atoms with Crippen molar-refractivity contribution < 1.29 is 4.79 Å². The van der Waals surface area contributed by atoms with E-state index in [0.29, 0.717) is 17.5 Å². The molecule has 1 rings (SSSR count). The zero-order chi connectivity index (χ0) is 11.4. The summed E-state index contributed by atoms with van der Waals surface area (Å²) in [6.45, 7) is 5.89. The standard InChI is InChI=1S/C9H16N4OS/c1-5(2)4-7(10)8(14)11-9-13-12-6(3)15-9/h5,7H,4,10H2,1-3H3,(H,11,13,14)/t7-/m0/s1.